The molecule has 1 amide bonds. The normalized spacial score (nSPS) is 16.2. The van der Waals surface area contributed by atoms with Gasteiger partial charge < -0.3 is 9.47 Å². The Kier molecular flexibility index (Phi) is 6.54. The second kappa shape index (κ2) is 9.47. The zero-order valence-corrected chi connectivity index (χ0v) is 16.2. The van der Waals surface area contributed by atoms with Crippen LogP contribution in [0.1, 0.15) is 5.56 Å². The molecule has 0 aliphatic carbocycles. The van der Waals surface area contributed by atoms with Crippen molar-refractivity contribution in [1.82, 2.24) is 15.1 Å². The molecule has 1 aliphatic heterocycles. The van der Waals surface area contributed by atoms with E-state index < -0.39 is 16.8 Å². The van der Waals surface area contributed by atoms with E-state index in [9.17, 15) is 19.7 Å². The Balaban J connectivity index is 1.66. The summed E-state index contributed by atoms with van der Waals surface area (Å²) in [5.41, 5.74) is 0.448. The fourth-order valence-corrected chi connectivity index (χ4v) is 2.90. The first kappa shape index (κ1) is 20.7. The van der Waals surface area contributed by atoms with Crippen LogP contribution in [0.15, 0.2) is 57.8 Å². The summed E-state index contributed by atoms with van der Waals surface area (Å²) < 4.78 is 11.4. The molecule has 0 bridgehead atoms. The third kappa shape index (κ3) is 5.29. The molecule has 3 rings (SSSR count). The molecule has 0 spiro atoms. The summed E-state index contributed by atoms with van der Waals surface area (Å²) >= 11 is 0.952. The van der Waals surface area contributed by atoms with Gasteiger partial charge in [0.15, 0.2) is 11.9 Å². The number of hydrogen-bond acceptors (Lipinski definition) is 10. The van der Waals surface area contributed by atoms with Crippen molar-refractivity contribution in [1.29, 1.82) is 0 Å². The number of carbonyl (C=O) groups is 2. The van der Waals surface area contributed by atoms with Gasteiger partial charge in [0.05, 0.1) is 23.2 Å². The van der Waals surface area contributed by atoms with Crippen LogP contribution >= 0.6 is 11.8 Å². The molecule has 0 saturated carbocycles. The summed E-state index contributed by atoms with van der Waals surface area (Å²) in [6.45, 7) is -0.0409. The smallest absolute Gasteiger partial charge is 0.331 e. The van der Waals surface area contributed by atoms with Gasteiger partial charge in [0.1, 0.15) is 18.1 Å². The zero-order chi connectivity index (χ0) is 21.5. The van der Waals surface area contributed by atoms with E-state index in [1.54, 1.807) is 24.3 Å². The van der Waals surface area contributed by atoms with E-state index in [0.717, 1.165) is 24.0 Å². The van der Waals surface area contributed by atoms with Crippen LogP contribution in [0.3, 0.4) is 0 Å². The van der Waals surface area contributed by atoms with E-state index in [1.807, 2.05) is 0 Å². The summed E-state index contributed by atoms with van der Waals surface area (Å²) in [6, 6.07) is 6.94. The predicted octanol–water partition coefficient (Wildman–Crippen LogP) is 1.44. The van der Waals surface area contributed by atoms with Gasteiger partial charge in [0.25, 0.3) is 5.91 Å². The van der Waals surface area contributed by atoms with Crippen LogP contribution in [0.5, 0.6) is 5.75 Å². The van der Waals surface area contributed by atoms with Gasteiger partial charge in [-0.25, -0.2) is 9.48 Å². The number of methoxy groups -OCH3 is 1. The topological polar surface area (TPSA) is 150 Å². The third-order valence-electron chi connectivity index (χ3n) is 3.55. The van der Waals surface area contributed by atoms with Gasteiger partial charge >= 0.3 is 11.7 Å². The number of thioether (sulfide) groups is 1. The monoisotopic (exact) mass is 430 g/mol. The Labute approximate surface area is 173 Å². The SMILES string of the molecule is COC(=O)/C=C1/S/C(=N\N=Cc2ccccc2OCn2cc([N+](=O)[O-])cn2)NC1=O. The second-order valence-corrected chi connectivity index (χ2v) is 6.57. The van der Waals surface area contributed by atoms with Crippen molar-refractivity contribution < 1.29 is 24.0 Å². The van der Waals surface area contributed by atoms with Crippen LogP contribution < -0.4 is 10.1 Å². The number of aromatic nitrogens is 2. The van der Waals surface area contributed by atoms with E-state index in [2.05, 4.69) is 25.4 Å². The molecule has 154 valence electrons. The molecule has 1 aliphatic rings. The highest BCUT2D eigenvalue weighted by Crippen LogP contribution is 2.23. The van der Waals surface area contributed by atoms with E-state index in [1.165, 1.54) is 24.2 Å². The third-order valence-corrected chi connectivity index (χ3v) is 4.45. The number of rotatable bonds is 7. The molecule has 2 heterocycles. The minimum absolute atomic E-state index is 0.0409. The number of amidine groups is 1. The van der Waals surface area contributed by atoms with Crippen molar-refractivity contribution in [2.75, 3.05) is 7.11 Å². The molecule has 12 nitrogen and oxygen atoms in total. The van der Waals surface area contributed by atoms with E-state index in [-0.39, 0.29) is 22.5 Å². The van der Waals surface area contributed by atoms with Crippen molar-refractivity contribution in [3.05, 3.63) is 63.3 Å². The maximum absolute atomic E-state index is 11.8. The van der Waals surface area contributed by atoms with Crippen LogP contribution in [-0.2, 0) is 21.1 Å². The molecule has 30 heavy (non-hydrogen) atoms. The van der Waals surface area contributed by atoms with Gasteiger partial charge in [-0.2, -0.15) is 10.2 Å². The molecular weight excluding hydrogens is 416 g/mol. The summed E-state index contributed by atoms with van der Waals surface area (Å²) in [7, 11) is 1.21. The van der Waals surface area contributed by atoms with Crippen LogP contribution in [0.2, 0.25) is 0 Å². The molecule has 1 N–H and O–H groups in total. The number of hydrogen-bond donors (Lipinski definition) is 1. The van der Waals surface area contributed by atoms with Gasteiger partial charge in [-0.1, -0.05) is 12.1 Å². The van der Waals surface area contributed by atoms with Gasteiger partial charge in [-0.05, 0) is 23.9 Å². The average Bonchev–Trinajstić information content (AvgIpc) is 3.34. The first-order valence-corrected chi connectivity index (χ1v) is 9.06. The standard InChI is InChI=1S/C17H14N6O6S/c1-28-15(24)6-14-16(25)20-17(30-14)21-18-7-11-4-2-3-5-13(11)29-10-22-9-12(8-19-22)23(26)27/h2-9H,10H2,1H3,(H,20,21,25)/b14-6+,18-7?. The maximum atomic E-state index is 11.8. The lowest BCUT2D eigenvalue weighted by atomic mass is 10.2. The van der Waals surface area contributed by atoms with E-state index in [4.69, 9.17) is 4.74 Å². The minimum atomic E-state index is -0.647. The highest BCUT2D eigenvalue weighted by Gasteiger charge is 2.25. The fourth-order valence-electron chi connectivity index (χ4n) is 2.16. The summed E-state index contributed by atoms with van der Waals surface area (Å²) in [4.78, 5) is 33.3. The molecular formula is C17H14N6O6S. The van der Waals surface area contributed by atoms with Gasteiger partial charge in [0, 0.05) is 11.6 Å². The predicted molar refractivity (Wildman–Crippen MR) is 107 cm³/mol. The van der Waals surface area contributed by atoms with Gasteiger partial charge in [0.2, 0.25) is 0 Å². The molecule has 1 saturated heterocycles. The van der Waals surface area contributed by atoms with Crippen LogP contribution in [0.25, 0.3) is 0 Å². The number of amides is 1. The van der Waals surface area contributed by atoms with E-state index in [0.29, 0.717) is 11.3 Å². The molecule has 1 aromatic heterocycles. The molecule has 0 unspecified atom stereocenters. The molecule has 0 atom stereocenters. The molecule has 1 fully saturated rings. The zero-order valence-electron chi connectivity index (χ0n) is 15.4. The number of para-hydroxylation sites is 1. The van der Waals surface area contributed by atoms with Crippen molar-refractivity contribution in [3.63, 3.8) is 0 Å². The van der Waals surface area contributed by atoms with Gasteiger partial charge in [-0.15, -0.1) is 5.10 Å². The lowest BCUT2D eigenvalue weighted by molar-refractivity contribution is -0.385. The van der Waals surface area contributed by atoms with Crippen LogP contribution in [0.4, 0.5) is 5.69 Å². The first-order valence-electron chi connectivity index (χ1n) is 8.25. The average molecular weight is 430 g/mol. The number of esters is 1. The van der Waals surface area contributed by atoms with Crippen molar-refractivity contribution in [2.24, 2.45) is 10.2 Å². The number of benzene rings is 1. The number of carbonyl (C=O) groups excluding carboxylic acids is 2. The van der Waals surface area contributed by atoms with Crippen molar-refractivity contribution in [3.8, 4) is 5.75 Å². The van der Waals surface area contributed by atoms with Crippen molar-refractivity contribution in [2.45, 2.75) is 6.73 Å². The molecule has 1 aromatic carbocycles. The summed E-state index contributed by atoms with van der Waals surface area (Å²) in [6.07, 6.45) is 4.86. The number of nitrogens with zero attached hydrogens (tertiary/aromatic N) is 5. The Morgan fingerprint density at radius 1 is 1.43 bits per heavy atom. The van der Waals surface area contributed by atoms with Crippen LogP contribution in [0, 0.1) is 10.1 Å². The highest BCUT2D eigenvalue weighted by molar-refractivity contribution is 8.18. The second-order valence-electron chi connectivity index (χ2n) is 5.54. The van der Waals surface area contributed by atoms with Crippen molar-refractivity contribution >= 4 is 40.7 Å². The lowest BCUT2D eigenvalue weighted by Gasteiger charge is -2.08. The number of nitrogens with one attached hydrogen (secondary N) is 1. The van der Waals surface area contributed by atoms with Gasteiger partial charge in [-0.3, -0.25) is 20.2 Å². The Morgan fingerprint density at radius 3 is 2.97 bits per heavy atom. The lowest BCUT2D eigenvalue weighted by Crippen LogP contribution is -2.19. The maximum Gasteiger partial charge on any atom is 0.331 e. The summed E-state index contributed by atoms with van der Waals surface area (Å²) in [5.74, 6) is -0.670. The van der Waals surface area contributed by atoms with Crippen LogP contribution in [-0.4, -0.2) is 45.1 Å². The molecule has 0 radical (unpaired) electrons. The Morgan fingerprint density at radius 2 is 2.23 bits per heavy atom. The Hall–Kier alpha value is -4.00. The first-order chi connectivity index (χ1) is 14.5. The van der Waals surface area contributed by atoms with E-state index >= 15 is 0 Å². The fraction of sp³-hybridized carbons (Fsp3) is 0.118. The minimum Gasteiger partial charge on any atom is -0.471 e. The largest absolute Gasteiger partial charge is 0.471 e. The number of nitro groups is 1. The summed E-state index contributed by atoms with van der Waals surface area (Å²) in [5, 5.41) is 25.1. The molecule has 2 aromatic rings. The Bertz CT molecular complexity index is 1080. The quantitative estimate of drug-likeness (QED) is 0.228. The number of ether oxygens (including phenoxy) is 2. The molecule has 13 heteroatoms. The highest BCUT2D eigenvalue weighted by atomic mass is 32.2.